The van der Waals surface area contributed by atoms with Crippen LogP contribution in [0.15, 0.2) is 83.3 Å². The summed E-state index contributed by atoms with van der Waals surface area (Å²) in [5.41, 5.74) is 7.75. The molecule has 0 saturated carbocycles. The van der Waals surface area contributed by atoms with E-state index in [2.05, 4.69) is 58.1 Å². The van der Waals surface area contributed by atoms with Crippen LogP contribution in [0.25, 0.3) is 50.0 Å². The van der Waals surface area contributed by atoms with E-state index in [0.717, 1.165) is 61.4 Å². The van der Waals surface area contributed by atoms with Crippen LogP contribution in [0.4, 0.5) is 0 Å². The second kappa shape index (κ2) is 6.29. The fourth-order valence-electron chi connectivity index (χ4n) is 4.33. The highest BCUT2D eigenvalue weighted by atomic mass is 16.3. The second-order valence-electron chi connectivity index (χ2n) is 7.65. The van der Waals surface area contributed by atoms with Gasteiger partial charge in [0.1, 0.15) is 17.0 Å². The van der Waals surface area contributed by atoms with Gasteiger partial charge in [0.2, 0.25) is 0 Å². The second-order valence-corrected chi connectivity index (χ2v) is 7.65. The summed E-state index contributed by atoms with van der Waals surface area (Å²) in [6, 6.07) is 26.9. The van der Waals surface area contributed by atoms with Crippen molar-refractivity contribution in [2.24, 2.45) is 0 Å². The number of aryl methyl sites for hydroxylation is 2. The van der Waals surface area contributed by atoms with E-state index < -0.39 is 0 Å². The Morgan fingerprint density at radius 3 is 2.33 bits per heavy atom. The number of hydrogen-bond donors (Lipinski definition) is 0. The topological polar surface area (TPSA) is 43.9 Å². The first-order chi connectivity index (χ1) is 14.7. The minimum absolute atomic E-state index is 0.859. The molecule has 0 bridgehead atoms. The van der Waals surface area contributed by atoms with Gasteiger partial charge in [-0.25, -0.2) is 4.98 Å². The first kappa shape index (κ1) is 17.0. The third-order valence-electron chi connectivity index (χ3n) is 5.53. The smallest absolute Gasteiger partial charge is 0.149 e. The number of furan rings is 1. The van der Waals surface area contributed by atoms with Crippen molar-refractivity contribution in [3.8, 4) is 17.1 Å². The summed E-state index contributed by atoms with van der Waals surface area (Å²) in [5.74, 6) is 0.867. The fraction of sp³-hybridized carbons (Fsp3) is 0.0769. The molecule has 144 valence electrons. The molecule has 0 N–H and O–H groups in total. The van der Waals surface area contributed by atoms with E-state index in [1.54, 1.807) is 0 Å². The van der Waals surface area contributed by atoms with Crippen molar-refractivity contribution in [2.75, 3.05) is 0 Å². The van der Waals surface area contributed by atoms with Crippen LogP contribution in [0, 0.1) is 13.8 Å². The summed E-state index contributed by atoms with van der Waals surface area (Å²) in [5, 5.41) is 2.22. The summed E-state index contributed by atoms with van der Waals surface area (Å²) in [7, 11) is 0. The van der Waals surface area contributed by atoms with E-state index in [0.29, 0.717) is 0 Å². The standard InChI is InChI=1S/C26H19N3O/c1-16-14-18(15-17(2)27-16)29-23-12-5-4-11-22(23)28-26(29)21-10-7-9-20-19-8-3-6-13-24(19)30-25(20)21/h3-15H,1-2H3. The molecule has 0 fully saturated rings. The third kappa shape index (κ3) is 2.47. The Kier molecular flexibility index (Phi) is 3.56. The highest BCUT2D eigenvalue weighted by Crippen LogP contribution is 2.37. The van der Waals surface area contributed by atoms with Gasteiger partial charge in [-0.05, 0) is 50.2 Å². The van der Waals surface area contributed by atoms with E-state index in [4.69, 9.17) is 9.40 Å². The van der Waals surface area contributed by atoms with Gasteiger partial charge < -0.3 is 4.42 Å². The molecule has 4 nitrogen and oxygen atoms in total. The van der Waals surface area contributed by atoms with Gasteiger partial charge in [-0.3, -0.25) is 9.55 Å². The molecule has 6 rings (SSSR count). The van der Waals surface area contributed by atoms with E-state index in [-0.39, 0.29) is 0 Å². The molecule has 0 aliphatic rings. The Bertz CT molecular complexity index is 1550. The van der Waals surface area contributed by atoms with Crippen molar-refractivity contribution in [3.63, 3.8) is 0 Å². The molecule has 6 aromatic rings. The van der Waals surface area contributed by atoms with Crippen molar-refractivity contribution >= 4 is 33.0 Å². The minimum Gasteiger partial charge on any atom is -0.455 e. The van der Waals surface area contributed by atoms with E-state index >= 15 is 0 Å². The normalized spacial score (nSPS) is 11.7. The lowest BCUT2D eigenvalue weighted by Crippen LogP contribution is -2.00. The van der Waals surface area contributed by atoms with Gasteiger partial charge in [-0.1, -0.05) is 42.5 Å². The number of benzene rings is 3. The number of aromatic nitrogens is 3. The van der Waals surface area contributed by atoms with Gasteiger partial charge >= 0.3 is 0 Å². The maximum absolute atomic E-state index is 6.31. The molecule has 0 aliphatic carbocycles. The number of fused-ring (bicyclic) bond motifs is 4. The molecule has 0 radical (unpaired) electrons. The highest BCUT2D eigenvalue weighted by Gasteiger charge is 2.19. The van der Waals surface area contributed by atoms with Crippen LogP contribution in [0.1, 0.15) is 11.4 Å². The molecule has 0 atom stereocenters. The lowest BCUT2D eigenvalue weighted by atomic mass is 10.1. The van der Waals surface area contributed by atoms with Crippen molar-refractivity contribution in [3.05, 3.63) is 90.3 Å². The Morgan fingerprint density at radius 1 is 0.733 bits per heavy atom. The first-order valence-electron chi connectivity index (χ1n) is 10.0. The van der Waals surface area contributed by atoms with E-state index in [1.165, 1.54) is 0 Å². The Labute approximate surface area is 173 Å². The van der Waals surface area contributed by atoms with Crippen LogP contribution >= 0.6 is 0 Å². The van der Waals surface area contributed by atoms with Gasteiger partial charge in [-0.15, -0.1) is 0 Å². The maximum atomic E-state index is 6.31. The Hall–Kier alpha value is -3.92. The van der Waals surface area contributed by atoms with Gasteiger partial charge in [0, 0.05) is 22.2 Å². The summed E-state index contributed by atoms with van der Waals surface area (Å²) < 4.78 is 8.51. The average Bonchev–Trinajstić information content (AvgIpc) is 3.31. The van der Waals surface area contributed by atoms with Crippen molar-refractivity contribution in [1.82, 2.24) is 14.5 Å². The van der Waals surface area contributed by atoms with Crippen LogP contribution in [0.2, 0.25) is 0 Å². The average molecular weight is 389 g/mol. The molecule has 3 aromatic carbocycles. The highest BCUT2D eigenvalue weighted by molar-refractivity contribution is 6.09. The van der Waals surface area contributed by atoms with Crippen molar-refractivity contribution < 1.29 is 4.42 Å². The van der Waals surface area contributed by atoms with Gasteiger partial charge in [0.05, 0.1) is 22.3 Å². The third-order valence-corrected chi connectivity index (χ3v) is 5.53. The number of pyridine rings is 1. The molecule has 0 unspecified atom stereocenters. The Balaban J connectivity index is 1.74. The van der Waals surface area contributed by atoms with Crippen molar-refractivity contribution in [2.45, 2.75) is 13.8 Å². The van der Waals surface area contributed by atoms with Crippen LogP contribution in [0.3, 0.4) is 0 Å². The summed E-state index contributed by atoms with van der Waals surface area (Å²) in [4.78, 5) is 9.57. The largest absolute Gasteiger partial charge is 0.455 e. The maximum Gasteiger partial charge on any atom is 0.149 e. The van der Waals surface area contributed by atoms with E-state index in [1.807, 2.05) is 44.2 Å². The predicted molar refractivity (Wildman–Crippen MR) is 121 cm³/mol. The molecule has 0 amide bonds. The molecule has 3 aromatic heterocycles. The molecule has 0 saturated heterocycles. The quantitative estimate of drug-likeness (QED) is 0.335. The minimum atomic E-state index is 0.859. The van der Waals surface area contributed by atoms with Gasteiger partial charge in [-0.2, -0.15) is 0 Å². The summed E-state index contributed by atoms with van der Waals surface area (Å²) >= 11 is 0. The van der Waals surface area contributed by atoms with Gasteiger partial charge in [0.25, 0.3) is 0 Å². The monoisotopic (exact) mass is 389 g/mol. The zero-order valence-corrected chi connectivity index (χ0v) is 16.8. The SMILES string of the molecule is Cc1cc(-n2c(-c3cccc4c3oc3ccccc34)nc3ccccc32)cc(C)n1. The zero-order valence-electron chi connectivity index (χ0n) is 16.8. The first-order valence-corrected chi connectivity index (χ1v) is 10.0. The number of rotatable bonds is 2. The molecule has 4 heteroatoms. The number of para-hydroxylation sites is 4. The molecule has 0 aliphatic heterocycles. The lowest BCUT2D eigenvalue weighted by Gasteiger charge is -2.11. The van der Waals surface area contributed by atoms with Crippen LogP contribution in [-0.4, -0.2) is 14.5 Å². The van der Waals surface area contributed by atoms with Crippen molar-refractivity contribution in [1.29, 1.82) is 0 Å². The number of nitrogens with zero attached hydrogens (tertiary/aromatic N) is 3. The predicted octanol–water partition coefficient (Wildman–Crippen LogP) is 6.60. The van der Waals surface area contributed by atoms with Crippen LogP contribution < -0.4 is 0 Å². The van der Waals surface area contributed by atoms with E-state index in [9.17, 15) is 0 Å². The molecular formula is C26H19N3O. The molecular weight excluding hydrogens is 370 g/mol. The molecule has 3 heterocycles. The molecule has 30 heavy (non-hydrogen) atoms. The number of imidazole rings is 1. The Morgan fingerprint density at radius 2 is 1.47 bits per heavy atom. The summed E-state index contributed by atoms with van der Waals surface area (Å²) in [6.07, 6.45) is 0. The van der Waals surface area contributed by atoms with Crippen LogP contribution in [0.5, 0.6) is 0 Å². The van der Waals surface area contributed by atoms with Gasteiger partial charge in [0.15, 0.2) is 0 Å². The molecule has 0 spiro atoms. The summed E-state index contributed by atoms with van der Waals surface area (Å²) in [6.45, 7) is 4.05. The van der Waals surface area contributed by atoms with Crippen LogP contribution in [-0.2, 0) is 0 Å². The fourth-order valence-corrected chi connectivity index (χ4v) is 4.33. The lowest BCUT2D eigenvalue weighted by molar-refractivity contribution is 0.669. The number of hydrogen-bond acceptors (Lipinski definition) is 3. The zero-order chi connectivity index (χ0) is 20.2.